The van der Waals surface area contributed by atoms with Crippen molar-refractivity contribution in [3.63, 3.8) is 0 Å². The summed E-state index contributed by atoms with van der Waals surface area (Å²) in [6.07, 6.45) is 0. The van der Waals surface area contributed by atoms with Crippen molar-refractivity contribution in [2.75, 3.05) is 4.90 Å². The smallest absolute Gasteiger partial charge is 0.228 e. The molecule has 0 radical (unpaired) electrons. The summed E-state index contributed by atoms with van der Waals surface area (Å²) in [6.45, 7) is 0. The van der Waals surface area contributed by atoms with Crippen LogP contribution in [0.3, 0.4) is 0 Å². The average molecular weight is 808 g/mol. The second-order valence-corrected chi connectivity index (χ2v) is 15.9. The number of pyridine rings is 2. The summed E-state index contributed by atoms with van der Waals surface area (Å²) in [4.78, 5) is 22.1. The van der Waals surface area contributed by atoms with Crippen LogP contribution in [0, 0.1) is 0 Å². The van der Waals surface area contributed by atoms with E-state index in [1.165, 1.54) is 32.7 Å². The Morgan fingerprint density at radius 1 is 0.302 bits per heavy atom. The van der Waals surface area contributed by atoms with Crippen molar-refractivity contribution >= 4 is 93.6 Å². The van der Waals surface area contributed by atoms with Crippen LogP contribution in [-0.2, 0) is 0 Å². The summed E-state index contributed by atoms with van der Waals surface area (Å²) < 4.78 is 12.6. The van der Waals surface area contributed by atoms with Gasteiger partial charge < -0.3 is 8.83 Å². The Kier molecular flexibility index (Phi) is 7.77. The SMILES string of the molecule is c1ccc2cc(-c3ccc4c(ccc5cc(N(c6ccc7oc(-c8ccc9ccccc9c8)nc7n6)c6ccc7oc(-c8ccc9ccccc9c8)nc7n6)ccc54)c3)ccc2c1. The van der Waals surface area contributed by atoms with E-state index in [0.717, 1.165) is 49.1 Å². The van der Waals surface area contributed by atoms with Gasteiger partial charge in [-0.15, -0.1) is 0 Å². The number of benzene rings is 9. The van der Waals surface area contributed by atoms with Gasteiger partial charge in [0.1, 0.15) is 11.6 Å². The van der Waals surface area contributed by atoms with Gasteiger partial charge in [-0.2, -0.15) is 9.97 Å². The second kappa shape index (κ2) is 13.9. The molecule has 13 aromatic rings. The number of hydrogen-bond acceptors (Lipinski definition) is 7. The predicted octanol–water partition coefficient (Wildman–Crippen LogP) is 15.0. The standard InChI is InChI=1S/C56H33N5O2/c1-4-10-37-29-40(16-13-34(37)7-1)41-21-23-47-42(30-41)17-18-43-33-46(22-24-48(43)47)61(51-27-25-49-53(57-51)59-55(62-49)44-19-14-35-8-2-5-11-38(35)31-44)52-28-26-50-54(58-52)60-56(63-50)45-20-15-36-9-3-6-12-39(36)32-45/h1-33H. The van der Waals surface area contributed by atoms with E-state index in [2.05, 4.69) is 140 Å². The van der Waals surface area contributed by atoms with Gasteiger partial charge in [0.2, 0.25) is 23.1 Å². The van der Waals surface area contributed by atoms with Crippen LogP contribution in [-0.4, -0.2) is 19.9 Å². The highest BCUT2D eigenvalue weighted by Crippen LogP contribution is 2.39. The van der Waals surface area contributed by atoms with Gasteiger partial charge in [0, 0.05) is 16.8 Å². The summed E-state index contributed by atoms with van der Waals surface area (Å²) in [5.74, 6) is 2.28. The number of aromatic nitrogens is 4. The number of nitrogens with zero attached hydrogens (tertiary/aromatic N) is 5. The first-order chi connectivity index (χ1) is 31.1. The Morgan fingerprint density at radius 3 is 1.22 bits per heavy atom. The third-order valence-electron chi connectivity index (χ3n) is 12.1. The molecule has 0 bridgehead atoms. The van der Waals surface area contributed by atoms with Gasteiger partial charge in [0.25, 0.3) is 0 Å². The molecule has 4 heterocycles. The maximum Gasteiger partial charge on any atom is 0.228 e. The number of hydrogen-bond donors (Lipinski definition) is 0. The van der Waals surface area contributed by atoms with Crippen molar-refractivity contribution in [2.24, 2.45) is 0 Å². The molecule has 0 unspecified atom stereocenters. The highest BCUT2D eigenvalue weighted by atomic mass is 16.4. The molecule has 0 saturated heterocycles. The minimum Gasteiger partial charge on any atom is -0.434 e. The van der Waals surface area contributed by atoms with E-state index in [1.807, 2.05) is 65.6 Å². The zero-order chi connectivity index (χ0) is 41.4. The molecule has 294 valence electrons. The molecule has 0 amide bonds. The average Bonchev–Trinajstić information content (AvgIpc) is 3.98. The Morgan fingerprint density at radius 2 is 0.698 bits per heavy atom. The fourth-order valence-corrected chi connectivity index (χ4v) is 8.89. The van der Waals surface area contributed by atoms with Gasteiger partial charge >= 0.3 is 0 Å². The van der Waals surface area contributed by atoms with Gasteiger partial charge in [-0.1, -0.05) is 127 Å². The first-order valence-electron chi connectivity index (χ1n) is 20.9. The normalized spacial score (nSPS) is 11.8. The summed E-state index contributed by atoms with van der Waals surface area (Å²) >= 11 is 0. The molecular weight excluding hydrogens is 775 g/mol. The summed E-state index contributed by atoms with van der Waals surface area (Å²) in [7, 11) is 0. The third-order valence-corrected chi connectivity index (χ3v) is 12.1. The summed E-state index contributed by atoms with van der Waals surface area (Å²) in [6, 6.07) is 69.5. The second-order valence-electron chi connectivity index (χ2n) is 15.9. The van der Waals surface area contributed by atoms with Crippen molar-refractivity contribution < 1.29 is 8.83 Å². The first kappa shape index (κ1) is 35.1. The van der Waals surface area contributed by atoms with E-state index in [-0.39, 0.29) is 0 Å². The maximum atomic E-state index is 6.30. The molecule has 0 fully saturated rings. The van der Waals surface area contributed by atoms with Crippen molar-refractivity contribution in [1.82, 2.24) is 19.9 Å². The van der Waals surface area contributed by atoms with Gasteiger partial charge in [0.05, 0.1) is 0 Å². The Bertz CT molecular complexity index is 3810. The zero-order valence-electron chi connectivity index (χ0n) is 33.6. The molecule has 0 aliphatic carbocycles. The number of fused-ring (bicyclic) bond motifs is 8. The molecule has 7 heteroatoms. The minimum absolute atomic E-state index is 0.496. The molecule has 0 N–H and O–H groups in total. The van der Waals surface area contributed by atoms with Crippen LogP contribution in [0.15, 0.2) is 209 Å². The molecule has 0 spiro atoms. The molecule has 63 heavy (non-hydrogen) atoms. The summed E-state index contributed by atoms with van der Waals surface area (Å²) in [5.41, 5.74) is 7.21. The van der Waals surface area contributed by atoms with Crippen molar-refractivity contribution in [3.8, 4) is 34.0 Å². The topological polar surface area (TPSA) is 81.1 Å². The highest BCUT2D eigenvalue weighted by Gasteiger charge is 2.21. The number of oxazole rings is 2. The summed E-state index contributed by atoms with van der Waals surface area (Å²) in [5, 5.41) is 11.6. The molecule has 0 aliphatic rings. The minimum atomic E-state index is 0.496. The lowest BCUT2D eigenvalue weighted by molar-refractivity contribution is 0.619. The van der Waals surface area contributed by atoms with E-state index in [1.54, 1.807) is 0 Å². The fraction of sp³-hybridized carbons (Fsp3) is 0. The van der Waals surface area contributed by atoms with E-state index >= 15 is 0 Å². The third kappa shape index (κ3) is 6.05. The quantitative estimate of drug-likeness (QED) is 0.155. The lowest BCUT2D eigenvalue weighted by Gasteiger charge is -2.23. The van der Waals surface area contributed by atoms with E-state index in [0.29, 0.717) is 45.9 Å². The van der Waals surface area contributed by atoms with Gasteiger partial charge in [0.15, 0.2) is 11.2 Å². The van der Waals surface area contributed by atoms with E-state index in [9.17, 15) is 0 Å². The van der Waals surface area contributed by atoms with Crippen LogP contribution in [0.1, 0.15) is 0 Å². The number of anilines is 3. The zero-order valence-corrected chi connectivity index (χ0v) is 33.6. The predicted molar refractivity (Wildman–Crippen MR) is 256 cm³/mol. The van der Waals surface area contributed by atoms with Crippen LogP contribution in [0.25, 0.3) is 110 Å². The van der Waals surface area contributed by atoms with Crippen LogP contribution in [0.2, 0.25) is 0 Å². The van der Waals surface area contributed by atoms with E-state index < -0.39 is 0 Å². The van der Waals surface area contributed by atoms with Crippen LogP contribution in [0.5, 0.6) is 0 Å². The van der Waals surface area contributed by atoms with Gasteiger partial charge in [-0.05, 0) is 138 Å². The van der Waals surface area contributed by atoms with Crippen molar-refractivity contribution in [2.45, 2.75) is 0 Å². The lowest BCUT2D eigenvalue weighted by Crippen LogP contribution is -2.13. The fourth-order valence-electron chi connectivity index (χ4n) is 8.89. The largest absolute Gasteiger partial charge is 0.434 e. The molecule has 0 aliphatic heterocycles. The van der Waals surface area contributed by atoms with Crippen LogP contribution in [0.4, 0.5) is 17.3 Å². The Balaban J connectivity index is 0.922. The Labute approximate surface area is 360 Å². The van der Waals surface area contributed by atoms with Crippen LogP contribution < -0.4 is 4.90 Å². The highest BCUT2D eigenvalue weighted by molar-refractivity contribution is 6.09. The molecular formula is C56H33N5O2. The first-order valence-corrected chi connectivity index (χ1v) is 20.9. The molecule has 0 saturated carbocycles. The number of rotatable bonds is 6. The molecule has 9 aromatic carbocycles. The Hall–Kier alpha value is -8.68. The molecule has 0 atom stereocenters. The molecule has 13 rings (SSSR count). The molecule has 7 nitrogen and oxygen atoms in total. The van der Waals surface area contributed by atoms with Gasteiger partial charge in [-0.3, -0.25) is 4.90 Å². The molecule has 4 aromatic heterocycles. The van der Waals surface area contributed by atoms with Crippen LogP contribution >= 0.6 is 0 Å². The van der Waals surface area contributed by atoms with Gasteiger partial charge in [-0.25, -0.2) is 9.97 Å². The van der Waals surface area contributed by atoms with E-state index in [4.69, 9.17) is 28.8 Å². The lowest BCUT2D eigenvalue weighted by atomic mass is 9.96. The van der Waals surface area contributed by atoms with Crippen molar-refractivity contribution in [1.29, 1.82) is 0 Å². The monoisotopic (exact) mass is 807 g/mol. The van der Waals surface area contributed by atoms with Crippen molar-refractivity contribution in [3.05, 3.63) is 200 Å². The maximum absolute atomic E-state index is 6.30.